The molecule has 1 unspecified atom stereocenters. The van der Waals surface area contributed by atoms with E-state index in [4.69, 9.17) is 4.42 Å². The average molecular weight is 315 g/mol. The number of hydrogen-bond acceptors (Lipinski definition) is 4. The van der Waals surface area contributed by atoms with Crippen LogP contribution in [0.5, 0.6) is 0 Å². The molecular formula is C17H21N3O3. The van der Waals surface area contributed by atoms with E-state index in [1.165, 1.54) is 0 Å². The first-order valence-electron chi connectivity index (χ1n) is 7.94. The molecule has 1 atom stereocenters. The predicted molar refractivity (Wildman–Crippen MR) is 85.0 cm³/mol. The van der Waals surface area contributed by atoms with Crippen LogP contribution in [-0.2, 0) is 24.2 Å². The summed E-state index contributed by atoms with van der Waals surface area (Å²) in [4.78, 5) is 31.6. The van der Waals surface area contributed by atoms with Gasteiger partial charge in [0.2, 0.25) is 5.91 Å². The molecule has 2 heterocycles. The van der Waals surface area contributed by atoms with Crippen molar-refractivity contribution in [1.29, 1.82) is 0 Å². The number of nitrogens with one attached hydrogen (secondary N) is 2. The van der Waals surface area contributed by atoms with E-state index in [1.807, 2.05) is 19.1 Å². The summed E-state index contributed by atoms with van der Waals surface area (Å²) in [6, 6.07) is 3.74. The molecule has 0 aromatic carbocycles. The molecule has 1 amide bonds. The maximum atomic E-state index is 12.4. The summed E-state index contributed by atoms with van der Waals surface area (Å²) < 4.78 is 5.46. The standard InChI is InChI=1S/C17H21N3O3/c1-10-3-6-13(23-10)9-18-16(21)12-4-7-14-15(8-5-12)19-11(2)20-17(14)22/h3,6,12H,4-5,7-9H2,1-2H3,(H,18,21)(H,19,20,22). The molecule has 1 aliphatic rings. The van der Waals surface area contributed by atoms with E-state index in [-0.39, 0.29) is 17.4 Å². The number of carbonyl (C=O) groups is 1. The molecule has 2 N–H and O–H groups in total. The maximum absolute atomic E-state index is 12.4. The molecule has 2 aromatic heterocycles. The first-order valence-corrected chi connectivity index (χ1v) is 7.94. The van der Waals surface area contributed by atoms with Crippen molar-refractivity contribution >= 4 is 5.91 Å². The van der Waals surface area contributed by atoms with Gasteiger partial charge in [0.15, 0.2) is 0 Å². The monoisotopic (exact) mass is 315 g/mol. The van der Waals surface area contributed by atoms with Gasteiger partial charge in [-0.05, 0) is 51.7 Å². The van der Waals surface area contributed by atoms with Crippen LogP contribution in [0.15, 0.2) is 21.3 Å². The van der Waals surface area contributed by atoms with E-state index in [1.54, 1.807) is 6.92 Å². The number of fused-ring (bicyclic) bond motifs is 1. The van der Waals surface area contributed by atoms with Crippen LogP contribution in [0.25, 0.3) is 0 Å². The van der Waals surface area contributed by atoms with Crippen molar-refractivity contribution in [3.05, 3.63) is 51.1 Å². The van der Waals surface area contributed by atoms with E-state index < -0.39 is 0 Å². The zero-order chi connectivity index (χ0) is 16.4. The molecule has 3 rings (SSSR count). The Morgan fingerprint density at radius 2 is 2.13 bits per heavy atom. The van der Waals surface area contributed by atoms with Gasteiger partial charge in [-0.1, -0.05) is 0 Å². The quantitative estimate of drug-likeness (QED) is 0.845. The fourth-order valence-corrected chi connectivity index (χ4v) is 3.07. The topological polar surface area (TPSA) is 88.0 Å². The van der Waals surface area contributed by atoms with E-state index >= 15 is 0 Å². The number of rotatable bonds is 3. The number of furan rings is 1. The number of amides is 1. The van der Waals surface area contributed by atoms with E-state index in [0.717, 1.165) is 22.8 Å². The van der Waals surface area contributed by atoms with Crippen molar-refractivity contribution in [1.82, 2.24) is 15.3 Å². The summed E-state index contributed by atoms with van der Waals surface area (Å²) in [5.74, 6) is 2.13. The van der Waals surface area contributed by atoms with Gasteiger partial charge in [-0.3, -0.25) is 9.59 Å². The number of H-pyrrole nitrogens is 1. The van der Waals surface area contributed by atoms with Crippen molar-refractivity contribution in [3.63, 3.8) is 0 Å². The van der Waals surface area contributed by atoms with Gasteiger partial charge >= 0.3 is 0 Å². The Balaban J connectivity index is 1.63. The summed E-state index contributed by atoms with van der Waals surface area (Å²) in [7, 11) is 0. The third-order valence-corrected chi connectivity index (χ3v) is 4.30. The Hall–Kier alpha value is -2.37. The molecule has 1 aliphatic carbocycles. The Morgan fingerprint density at radius 1 is 1.35 bits per heavy atom. The Kier molecular flexibility index (Phi) is 4.32. The number of carbonyl (C=O) groups excluding carboxylic acids is 1. The summed E-state index contributed by atoms with van der Waals surface area (Å²) >= 11 is 0. The molecule has 0 bridgehead atoms. The van der Waals surface area contributed by atoms with E-state index in [9.17, 15) is 9.59 Å². The van der Waals surface area contributed by atoms with Gasteiger partial charge in [-0.2, -0.15) is 0 Å². The first kappa shape index (κ1) is 15.5. The minimum atomic E-state index is -0.0973. The second kappa shape index (κ2) is 6.40. The van der Waals surface area contributed by atoms with Gasteiger partial charge in [0.25, 0.3) is 5.56 Å². The highest BCUT2D eigenvalue weighted by Crippen LogP contribution is 2.22. The van der Waals surface area contributed by atoms with Crippen molar-refractivity contribution in [2.45, 2.75) is 46.1 Å². The van der Waals surface area contributed by atoms with Crippen LogP contribution >= 0.6 is 0 Å². The van der Waals surface area contributed by atoms with Gasteiger partial charge in [-0.15, -0.1) is 0 Å². The number of aromatic nitrogens is 2. The second-order valence-corrected chi connectivity index (χ2v) is 6.08. The maximum Gasteiger partial charge on any atom is 0.254 e. The smallest absolute Gasteiger partial charge is 0.254 e. The lowest BCUT2D eigenvalue weighted by molar-refractivity contribution is -0.125. The molecule has 23 heavy (non-hydrogen) atoms. The van der Waals surface area contributed by atoms with Crippen LogP contribution in [0.2, 0.25) is 0 Å². The molecule has 2 aromatic rings. The molecule has 0 radical (unpaired) electrons. The highest BCUT2D eigenvalue weighted by atomic mass is 16.3. The van der Waals surface area contributed by atoms with Crippen molar-refractivity contribution < 1.29 is 9.21 Å². The first-order chi connectivity index (χ1) is 11.0. The SMILES string of the molecule is Cc1nc2c(c(=O)[nH]1)CCC(C(=O)NCc1ccc(C)o1)CC2. The van der Waals surface area contributed by atoms with Crippen molar-refractivity contribution in [2.24, 2.45) is 5.92 Å². The number of nitrogens with zero attached hydrogens (tertiary/aromatic N) is 1. The number of hydrogen-bond donors (Lipinski definition) is 2. The lowest BCUT2D eigenvalue weighted by atomic mass is 9.99. The molecule has 0 aliphatic heterocycles. The minimum absolute atomic E-state index is 0.0139. The lowest BCUT2D eigenvalue weighted by Gasteiger charge is -2.13. The van der Waals surface area contributed by atoms with Gasteiger partial charge in [0.1, 0.15) is 17.3 Å². The molecule has 6 nitrogen and oxygen atoms in total. The molecule has 0 spiro atoms. The Morgan fingerprint density at radius 3 is 2.87 bits per heavy atom. The van der Waals surface area contributed by atoms with E-state index in [2.05, 4.69) is 15.3 Å². The average Bonchev–Trinajstić information content (AvgIpc) is 2.79. The summed E-state index contributed by atoms with van der Waals surface area (Å²) in [5, 5.41) is 2.92. The molecule has 122 valence electrons. The van der Waals surface area contributed by atoms with Crippen LogP contribution in [0.1, 0.15) is 41.4 Å². The van der Waals surface area contributed by atoms with Crippen LogP contribution in [0.3, 0.4) is 0 Å². The van der Waals surface area contributed by atoms with Gasteiger partial charge in [0.05, 0.1) is 12.2 Å². The largest absolute Gasteiger partial charge is 0.465 e. The molecule has 6 heteroatoms. The third kappa shape index (κ3) is 3.52. The Bertz CT molecular complexity index is 776. The number of aromatic amines is 1. The van der Waals surface area contributed by atoms with E-state index in [0.29, 0.717) is 38.1 Å². The molecule has 0 fully saturated rings. The molecule has 0 saturated carbocycles. The van der Waals surface area contributed by atoms with Crippen molar-refractivity contribution in [3.8, 4) is 0 Å². The summed E-state index contributed by atoms with van der Waals surface area (Å²) in [6.07, 6.45) is 2.64. The van der Waals surface area contributed by atoms with Crippen LogP contribution in [0, 0.1) is 19.8 Å². The lowest BCUT2D eigenvalue weighted by Crippen LogP contribution is -2.30. The normalized spacial score (nSPS) is 17.4. The fourth-order valence-electron chi connectivity index (χ4n) is 3.07. The zero-order valence-corrected chi connectivity index (χ0v) is 13.4. The van der Waals surface area contributed by atoms with Gasteiger partial charge < -0.3 is 14.7 Å². The van der Waals surface area contributed by atoms with Crippen molar-refractivity contribution in [2.75, 3.05) is 0 Å². The van der Waals surface area contributed by atoms with Crippen LogP contribution in [-0.4, -0.2) is 15.9 Å². The van der Waals surface area contributed by atoms with Gasteiger partial charge in [0, 0.05) is 11.5 Å². The third-order valence-electron chi connectivity index (χ3n) is 4.30. The summed E-state index contributed by atoms with van der Waals surface area (Å²) in [6.45, 7) is 4.05. The highest BCUT2D eigenvalue weighted by molar-refractivity contribution is 5.78. The Labute approximate surface area is 134 Å². The minimum Gasteiger partial charge on any atom is -0.465 e. The summed E-state index contributed by atoms with van der Waals surface area (Å²) in [5.41, 5.74) is 1.50. The number of aryl methyl sites for hydroxylation is 3. The van der Waals surface area contributed by atoms with Crippen LogP contribution < -0.4 is 10.9 Å². The highest BCUT2D eigenvalue weighted by Gasteiger charge is 2.24. The van der Waals surface area contributed by atoms with Gasteiger partial charge in [-0.25, -0.2) is 4.98 Å². The zero-order valence-electron chi connectivity index (χ0n) is 13.4. The fraction of sp³-hybridized carbons (Fsp3) is 0.471. The second-order valence-electron chi connectivity index (χ2n) is 6.08. The molecular weight excluding hydrogens is 294 g/mol. The predicted octanol–water partition coefficient (Wildman–Crippen LogP) is 1.79. The van der Waals surface area contributed by atoms with Crippen LogP contribution in [0.4, 0.5) is 0 Å². The molecule has 0 saturated heterocycles.